The van der Waals surface area contributed by atoms with Gasteiger partial charge in [0.2, 0.25) is 11.7 Å². The van der Waals surface area contributed by atoms with Crippen LogP contribution in [0.25, 0.3) is 0 Å². The van der Waals surface area contributed by atoms with E-state index in [4.69, 9.17) is 23.9 Å². The lowest BCUT2D eigenvalue weighted by Crippen LogP contribution is -2.51. The van der Waals surface area contributed by atoms with Gasteiger partial charge in [-0.2, -0.15) is 0 Å². The number of nitrogens with zero attached hydrogens (tertiary/aromatic N) is 4. The van der Waals surface area contributed by atoms with Gasteiger partial charge in [-0.05, 0) is 38.0 Å². The third-order valence-electron chi connectivity index (χ3n) is 15.5. The molecule has 388 valence electrons. The Bertz CT molecular complexity index is 2640. The second kappa shape index (κ2) is 20.4. The fraction of sp³-hybridized carbons (Fsp3) is 0.556. The summed E-state index contributed by atoms with van der Waals surface area (Å²) < 4.78 is 26.6. The van der Waals surface area contributed by atoms with Crippen molar-refractivity contribution in [3.05, 3.63) is 94.3 Å². The minimum atomic E-state index is -2.03. The van der Waals surface area contributed by atoms with Crippen molar-refractivity contribution in [2.45, 2.75) is 123 Å². The van der Waals surface area contributed by atoms with E-state index >= 15 is 0 Å². The van der Waals surface area contributed by atoms with E-state index in [1.807, 2.05) is 29.1 Å². The number of benzene rings is 1. The van der Waals surface area contributed by atoms with Crippen LogP contribution in [0, 0.1) is 36.5 Å². The Morgan fingerprint density at radius 1 is 0.931 bits per heavy atom. The fourth-order valence-electron chi connectivity index (χ4n) is 10.9. The van der Waals surface area contributed by atoms with Gasteiger partial charge >= 0.3 is 11.8 Å². The van der Waals surface area contributed by atoms with Crippen LogP contribution in [0.3, 0.4) is 0 Å². The summed E-state index contributed by atoms with van der Waals surface area (Å²) in [6.45, 7) is 18.9. The van der Waals surface area contributed by atoms with Gasteiger partial charge in [0.1, 0.15) is 35.4 Å². The molecular weight excluding hydrogens is 925 g/mol. The van der Waals surface area contributed by atoms with E-state index in [9.17, 15) is 39.3 Å². The molecule has 1 aromatic heterocycles. The normalized spacial score (nSPS) is 31.7. The monoisotopic (exact) mass is 995 g/mol. The van der Waals surface area contributed by atoms with E-state index in [1.54, 1.807) is 57.7 Å². The summed E-state index contributed by atoms with van der Waals surface area (Å²) in [7, 11) is 1.44. The van der Waals surface area contributed by atoms with Gasteiger partial charge < -0.3 is 59.3 Å². The second-order valence-corrected chi connectivity index (χ2v) is 21.2. The number of ketones is 2. The average Bonchev–Trinajstić information content (AvgIpc) is 4.05. The number of ether oxygens (including phenoxy) is 4. The number of allylic oxidation sites excluding steroid dienone is 4. The zero-order chi connectivity index (χ0) is 52.1. The van der Waals surface area contributed by atoms with Crippen LogP contribution < -0.4 is 15.4 Å². The van der Waals surface area contributed by atoms with Crippen LogP contribution in [0.15, 0.2) is 77.1 Å². The van der Waals surface area contributed by atoms with Crippen LogP contribution in [0.2, 0.25) is 0 Å². The Morgan fingerprint density at radius 2 is 1.61 bits per heavy atom. The number of phenolic OH excluding ortho intramolecular Hbond substituents is 1. The lowest BCUT2D eigenvalue weighted by molar-refractivity contribution is -0.166. The molecule has 2 fully saturated rings. The lowest BCUT2D eigenvalue weighted by Gasteiger charge is -2.40. The number of phenols is 1. The van der Waals surface area contributed by atoms with E-state index in [0.717, 1.165) is 6.54 Å². The molecule has 5 N–H and O–H groups in total. The highest BCUT2D eigenvalue weighted by Gasteiger charge is 2.54. The first-order valence-electron chi connectivity index (χ1n) is 25.1. The quantitative estimate of drug-likeness (QED) is 0.184. The highest BCUT2D eigenvalue weighted by Crippen LogP contribution is 2.50. The summed E-state index contributed by atoms with van der Waals surface area (Å²) in [6.07, 6.45) is 7.72. The summed E-state index contributed by atoms with van der Waals surface area (Å²) in [5, 5.41) is 41.8. The zero-order valence-electron chi connectivity index (χ0n) is 42.9. The summed E-state index contributed by atoms with van der Waals surface area (Å²) in [5.41, 5.74) is -0.400. The predicted molar refractivity (Wildman–Crippen MR) is 266 cm³/mol. The molecule has 9 rings (SSSR count). The second-order valence-electron chi connectivity index (χ2n) is 21.2. The first-order chi connectivity index (χ1) is 34.1. The van der Waals surface area contributed by atoms with Gasteiger partial charge in [-0.25, -0.2) is 0 Å². The van der Waals surface area contributed by atoms with E-state index in [1.165, 1.54) is 33.3 Å². The number of esters is 1. The molecule has 2 amide bonds. The van der Waals surface area contributed by atoms with Gasteiger partial charge in [-0.15, -0.1) is 0 Å². The molecule has 2 saturated heterocycles. The molecule has 7 aliphatic rings. The molecule has 0 saturated carbocycles. The van der Waals surface area contributed by atoms with Gasteiger partial charge in [-0.1, -0.05) is 59.8 Å². The molecule has 9 atom stereocenters. The van der Waals surface area contributed by atoms with Crippen molar-refractivity contribution in [2.24, 2.45) is 34.6 Å². The SMILES string of the molecule is CO[C@H]1/C=C/O[C@@]2(C)Oc3c(C)c(O)c4c(c3C2=O)C2=NC3(CCN(CC(C)C)CC3)NC2=C(NC(=O)/C(C)=C\C=C\[C@H](C)[C@H](O)[C@@H](C)[C@@H](O)[C@@H](C)[C@H](OC(=O)CC(=O)N2CC(n3cccc3)C2)[C@@H]1C)C4=O. The number of amides is 2. The van der Waals surface area contributed by atoms with Crippen molar-refractivity contribution >= 4 is 35.1 Å². The minimum absolute atomic E-state index is 0.00303. The molecule has 0 unspecified atom stereocenters. The smallest absolute Gasteiger partial charge is 0.315 e. The average molecular weight is 995 g/mol. The number of hydrogen-bond acceptors (Lipinski definition) is 15. The van der Waals surface area contributed by atoms with Crippen molar-refractivity contribution < 1.29 is 58.2 Å². The topological polar surface area (TPSA) is 231 Å². The Balaban J connectivity index is 1.15. The number of aliphatic hydroxyl groups excluding tert-OH is 2. The van der Waals surface area contributed by atoms with Crippen molar-refractivity contribution in [2.75, 3.05) is 39.8 Å². The molecular formula is C54H70N6O12. The molecule has 18 heteroatoms. The number of hydrogen-bond donors (Lipinski definition) is 5. The molecule has 18 nitrogen and oxygen atoms in total. The molecule has 0 radical (unpaired) electrons. The molecule has 7 heterocycles. The number of aliphatic imine (C=N–C) groups is 1. The van der Waals surface area contributed by atoms with Crippen LogP contribution in [0.1, 0.15) is 113 Å². The maximum atomic E-state index is 14.9. The molecule has 1 spiro atoms. The largest absolute Gasteiger partial charge is 0.507 e. The molecule has 5 bridgehead atoms. The van der Waals surface area contributed by atoms with Crippen molar-refractivity contribution in [3.8, 4) is 11.5 Å². The third-order valence-corrected chi connectivity index (χ3v) is 15.5. The maximum absolute atomic E-state index is 14.9. The summed E-state index contributed by atoms with van der Waals surface area (Å²) >= 11 is 0. The van der Waals surface area contributed by atoms with Crippen LogP contribution in [-0.4, -0.2) is 140 Å². The lowest BCUT2D eigenvalue weighted by atomic mass is 9.78. The number of piperidine rings is 1. The number of carbonyl (C=O) groups is 5. The number of carbonyl (C=O) groups excluding carboxylic acids is 5. The van der Waals surface area contributed by atoms with Crippen molar-refractivity contribution in [3.63, 3.8) is 0 Å². The number of nitrogens with one attached hydrogen (secondary N) is 2. The number of aromatic nitrogens is 1. The molecule has 1 aromatic carbocycles. The van der Waals surface area contributed by atoms with Gasteiger partial charge in [0.25, 0.3) is 11.7 Å². The number of rotatable bonds is 7. The minimum Gasteiger partial charge on any atom is -0.507 e. The number of Topliss-reactive ketones (excluding diaryl/α,β-unsaturated/α-hetero) is 2. The van der Waals surface area contributed by atoms with Gasteiger partial charge in [0, 0.05) is 112 Å². The molecule has 6 aliphatic heterocycles. The Hall–Kier alpha value is -6.08. The van der Waals surface area contributed by atoms with Gasteiger partial charge in [0.15, 0.2) is 0 Å². The zero-order valence-corrected chi connectivity index (χ0v) is 42.9. The van der Waals surface area contributed by atoms with Crippen LogP contribution in [0.4, 0.5) is 0 Å². The molecule has 2 aromatic rings. The first kappa shape index (κ1) is 52.2. The Kier molecular flexibility index (Phi) is 14.8. The highest BCUT2D eigenvalue weighted by atomic mass is 16.7. The number of methoxy groups -OCH3 is 1. The number of aliphatic hydroxyl groups is 2. The number of aromatic hydroxyl groups is 1. The van der Waals surface area contributed by atoms with Gasteiger partial charge in [-0.3, -0.25) is 29.0 Å². The van der Waals surface area contributed by atoms with E-state index in [2.05, 4.69) is 29.4 Å². The molecule has 72 heavy (non-hydrogen) atoms. The third kappa shape index (κ3) is 9.77. The summed E-state index contributed by atoms with van der Waals surface area (Å²) in [5.74, 6) is -8.07. The van der Waals surface area contributed by atoms with Gasteiger partial charge in [0.05, 0.1) is 53.2 Å². The van der Waals surface area contributed by atoms with Crippen LogP contribution in [-0.2, 0) is 28.6 Å². The van der Waals surface area contributed by atoms with Crippen LogP contribution in [0.5, 0.6) is 11.5 Å². The predicted octanol–water partition coefficient (Wildman–Crippen LogP) is 4.87. The van der Waals surface area contributed by atoms with Crippen molar-refractivity contribution in [1.29, 1.82) is 0 Å². The number of fused-ring (bicyclic) bond motifs is 13. The highest BCUT2D eigenvalue weighted by molar-refractivity contribution is 6.34. The first-order valence-corrected chi connectivity index (χ1v) is 25.1. The Labute approximate surface area is 420 Å². The summed E-state index contributed by atoms with van der Waals surface area (Å²) in [6, 6.07) is 3.92. The maximum Gasteiger partial charge on any atom is 0.315 e. The number of likely N-dealkylation sites (tertiary alicyclic amines) is 2. The fourth-order valence-corrected chi connectivity index (χ4v) is 10.9. The Morgan fingerprint density at radius 3 is 2.26 bits per heavy atom. The standard InChI is InChI=1S/C54H70N6O12/c1-28(2)25-58-21-17-54(18-22-58)56-42-39-40-47(65)34(8)50-41(39)51(67)53(9,72-50)70-23-16-36(69-10)31(5)49(71-38(62)24-37(61)60-26-35(27-60)59-19-11-12-20-59)33(7)46(64)32(6)45(63)29(3)14-13-15-30(4)52(68)55-44(48(40)66)43(42)57-54/h11-16,19-20,23,28-29,31-33,35-36,45-46,49,57,63-65H,17-18,21-22,24-27H2,1-10H3,(H,55,68)/b14-13+,23-16+,30-15-/t29-,31+,32+,33+,36-,45-,46+,49+,53-/m0/s1. The van der Waals surface area contributed by atoms with E-state index < -0.39 is 101 Å². The van der Waals surface area contributed by atoms with E-state index in [-0.39, 0.29) is 56.7 Å². The summed E-state index contributed by atoms with van der Waals surface area (Å²) in [4.78, 5) is 80.0. The van der Waals surface area contributed by atoms with E-state index in [0.29, 0.717) is 44.9 Å². The van der Waals surface area contributed by atoms with Crippen LogP contribution >= 0.6 is 0 Å². The van der Waals surface area contributed by atoms with Crippen molar-refractivity contribution in [1.82, 2.24) is 25.0 Å². The molecule has 1 aliphatic carbocycles.